The molecule has 170 valence electrons. The van der Waals surface area contributed by atoms with Crippen molar-refractivity contribution in [1.82, 2.24) is 15.0 Å². The van der Waals surface area contributed by atoms with Crippen molar-refractivity contribution in [3.63, 3.8) is 0 Å². The SMILES string of the molecule is CC1C(=O)C(C#N)=CC2c3nc(-c4ccnc5ccccc45)nc(-c4cccc(F)c4)c3CCC12. The number of nitriles is 1. The van der Waals surface area contributed by atoms with Crippen LogP contribution in [0.2, 0.25) is 0 Å². The molecule has 0 saturated carbocycles. The third-order valence-electron chi connectivity index (χ3n) is 7.32. The van der Waals surface area contributed by atoms with Gasteiger partial charge in [0.05, 0.1) is 22.5 Å². The number of halogens is 1. The number of benzene rings is 2. The van der Waals surface area contributed by atoms with Crippen LogP contribution in [0.25, 0.3) is 33.5 Å². The van der Waals surface area contributed by atoms with Crippen molar-refractivity contribution in [3.8, 4) is 28.7 Å². The molecule has 0 radical (unpaired) electrons. The van der Waals surface area contributed by atoms with E-state index in [1.54, 1.807) is 18.3 Å². The Kier molecular flexibility index (Phi) is 5.00. The highest BCUT2D eigenvalue weighted by Gasteiger charge is 2.42. The minimum absolute atomic E-state index is 0.0596. The summed E-state index contributed by atoms with van der Waals surface area (Å²) in [4.78, 5) is 27.2. The van der Waals surface area contributed by atoms with Crippen molar-refractivity contribution < 1.29 is 9.18 Å². The first-order valence-electron chi connectivity index (χ1n) is 11.7. The smallest absolute Gasteiger partial charge is 0.176 e. The van der Waals surface area contributed by atoms with Crippen LogP contribution in [0, 0.1) is 29.0 Å². The number of carbonyl (C=O) groups is 1. The monoisotopic (exact) mass is 460 g/mol. The molecule has 4 aromatic rings. The number of pyridine rings is 1. The third kappa shape index (κ3) is 3.43. The highest BCUT2D eigenvalue weighted by atomic mass is 19.1. The van der Waals surface area contributed by atoms with Gasteiger partial charge in [-0.3, -0.25) is 9.78 Å². The maximum atomic E-state index is 14.2. The summed E-state index contributed by atoms with van der Waals surface area (Å²) in [6.45, 7) is 1.90. The van der Waals surface area contributed by atoms with Crippen molar-refractivity contribution in [2.24, 2.45) is 11.8 Å². The molecule has 3 unspecified atom stereocenters. The lowest BCUT2D eigenvalue weighted by Crippen LogP contribution is -2.35. The van der Waals surface area contributed by atoms with Gasteiger partial charge in [0.1, 0.15) is 11.9 Å². The maximum absolute atomic E-state index is 14.2. The summed E-state index contributed by atoms with van der Waals surface area (Å²) in [5.41, 5.74) is 5.01. The lowest BCUT2D eigenvalue weighted by Gasteiger charge is -2.38. The van der Waals surface area contributed by atoms with Gasteiger partial charge in [-0.2, -0.15) is 5.26 Å². The Morgan fingerprint density at radius 2 is 1.94 bits per heavy atom. The first-order chi connectivity index (χ1) is 17.0. The van der Waals surface area contributed by atoms with Crippen LogP contribution in [0.3, 0.4) is 0 Å². The third-order valence-corrected chi connectivity index (χ3v) is 7.32. The highest BCUT2D eigenvalue weighted by molar-refractivity contribution is 6.02. The Bertz CT molecular complexity index is 1580. The number of Topliss-reactive ketones (excluding diaryl/α,β-unsaturated/α-hetero) is 1. The molecule has 2 aromatic heterocycles. The first-order valence-corrected chi connectivity index (χ1v) is 11.7. The quantitative estimate of drug-likeness (QED) is 0.377. The molecule has 2 aliphatic carbocycles. The van der Waals surface area contributed by atoms with E-state index in [2.05, 4.69) is 11.1 Å². The molecule has 0 N–H and O–H groups in total. The van der Waals surface area contributed by atoms with Gasteiger partial charge in [0, 0.05) is 40.1 Å². The summed E-state index contributed by atoms with van der Waals surface area (Å²) in [6.07, 6.45) is 4.98. The van der Waals surface area contributed by atoms with Crippen LogP contribution in [0.4, 0.5) is 4.39 Å². The van der Waals surface area contributed by atoms with Crippen molar-refractivity contribution in [1.29, 1.82) is 5.26 Å². The number of nitrogens with zero attached hydrogens (tertiary/aromatic N) is 4. The molecule has 0 spiro atoms. The molecule has 0 saturated heterocycles. The van der Waals surface area contributed by atoms with Gasteiger partial charge < -0.3 is 0 Å². The second-order valence-electron chi connectivity index (χ2n) is 9.22. The van der Waals surface area contributed by atoms with Crippen LogP contribution >= 0.6 is 0 Å². The van der Waals surface area contributed by atoms with E-state index in [9.17, 15) is 14.4 Å². The van der Waals surface area contributed by atoms with E-state index < -0.39 is 0 Å². The van der Waals surface area contributed by atoms with Crippen LogP contribution in [-0.2, 0) is 11.2 Å². The van der Waals surface area contributed by atoms with Crippen molar-refractivity contribution >= 4 is 16.7 Å². The Labute approximate surface area is 202 Å². The Balaban J connectivity index is 1.65. The summed E-state index contributed by atoms with van der Waals surface area (Å²) < 4.78 is 14.2. The van der Waals surface area contributed by atoms with E-state index in [0.717, 1.165) is 34.1 Å². The molecule has 2 aliphatic rings. The van der Waals surface area contributed by atoms with Gasteiger partial charge in [-0.1, -0.05) is 43.3 Å². The number of rotatable bonds is 2. The fourth-order valence-electron chi connectivity index (χ4n) is 5.56. The second kappa shape index (κ2) is 8.21. The lowest BCUT2D eigenvalue weighted by atomic mass is 9.66. The van der Waals surface area contributed by atoms with Crippen molar-refractivity contribution in [2.75, 3.05) is 0 Å². The van der Waals surface area contributed by atoms with Gasteiger partial charge in [0.2, 0.25) is 0 Å². The number of aromatic nitrogens is 3. The largest absolute Gasteiger partial charge is 0.293 e. The fraction of sp³-hybridized carbons (Fsp3) is 0.207. The minimum atomic E-state index is -0.331. The number of para-hydroxylation sites is 1. The zero-order valence-corrected chi connectivity index (χ0v) is 19.1. The van der Waals surface area contributed by atoms with Gasteiger partial charge in [0.15, 0.2) is 11.6 Å². The fourth-order valence-corrected chi connectivity index (χ4v) is 5.56. The summed E-state index contributed by atoms with van der Waals surface area (Å²) in [6, 6.07) is 18.2. The average molecular weight is 461 g/mol. The van der Waals surface area contributed by atoms with E-state index in [-0.39, 0.29) is 34.9 Å². The topological polar surface area (TPSA) is 79.5 Å². The molecule has 0 amide bonds. The number of ketones is 1. The summed E-state index contributed by atoms with van der Waals surface area (Å²) in [5.74, 6) is -0.281. The van der Waals surface area contributed by atoms with Gasteiger partial charge in [-0.05, 0) is 43.0 Å². The average Bonchev–Trinajstić information content (AvgIpc) is 2.89. The molecule has 0 bridgehead atoms. The first kappa shape index (κ1) is 21.3. The predicted octanol–water partition coefficient (Wildman–Crippen LogP) is 5.81. The molecule has 3 atom stereocenters. The van der Waals surface area contributed by atoms with Crippen LogP contribution in [0.1, 0.15) is 30.5 Å². The normalized spacial score (nSPS) is 21.1. The number of fused-ring (bicyclic) bond motifs is 4. The molecule has 2 heterocycles. The molecule has 0 fully saturated rings. The Hall–Kier alpha value is -4.24. The Morgan fingerprint density at radius 3 is 2.77 bits per heavy atom. The van der Waals surface area contributed by atoms with Crippen LogP contribution in [-0.4, -0.2) is 20.7 Å². The summed E-state index contributed by atoms with van der Waals surface area (Å²) >= 11 is 0. The van der Waals surface area contributed by atoms with Crippen LogP contribution in [0.15, 0.2) is 72.4 Å². The molecule has 5 nitrogen and oxygen atoms in total. The highest BCUT2D eigenvalue weighted by Crippen LogP contribution is 2.47. The van der Waals surface area contributed by atoms with Crippen LogP contribution < -0.4 is 0 Å². The molecule has 6 heteroatoms. The molecule has 2 aromatic carbocycles. The summed E-state index contributed by atoms with van der Waals surface area (Å²) in [7, 11) is 0. The molecule has 6 rings (SSSR count). The van der Waals surface area contributed by atoms with Crippen molar-refractivity contribution in [2.45, 2.75) is 25.7 Å². The van der Waals surface area contributed by atoms with E-state index in [1.165, 1.54) is 12.1 Å². The van der Waals surface area contributed by atoms with Crippen molar-refractivity contribution in [3.05, 3.63) is 89.5 Å². The van der Waals surface area contributed by atoms with E-state index in [0.29, 0.717) is 23.5 Å². The predicted molar refractivity (Wildman–Crippen MR) is 131 cm³/mol. The minimum Gasteiger partial charge on any atom is -0.293 e. The molecule has 35 heavy (non-hydrogen) atoms. The van der Waals surface area contributed by atoms with E-state index in [1.807, 2.05) is 43.3 Å². The van der Waals surface area contributed by atoms with Gasteiger partial charge >= 0.3 is 0 Å². The van der Waals surface area contributed by atoms with E-state index >= 15 is 0 Å². The zero-order valence-electron chi connectivity index (χ0n) is 19.1. The Morgan fingerprint density at radius 1 is 1.09 bits per heavy atom. The van der Waals surface area contributed by atoms with Gasteiger partial charge in [-0.15, -0.1) is 0 Å². The molecular weight excluding hydrogens is 439 g/mol. The molecular formula is C29H21FN4O. The van der Waals surface area contributed by atoms with Gasteiger partial charge in [0.25, 0.3) is 0 Å². The molecule has 0 aliphatic heterocycles. The number of hydrogen-bond donors (Lipinski definition) is 0. The lowest BCUT2D eigenvalue weighted by molar-refractivity contribution is -0.120. The number of hydrogen-bond acceptors (Lipinski definition) is 5. The second-order valence-corrected chi connectivity index (χ2v) is 9.22. The number of allylic oxidation sites excluding steroid dienone is 2. The zero-order chi connectivity index (χ0) is 24.1. The van der Waals surface area contributed by atoms with E-state index in [4.69, 9.17) is 9.97 Å². The number of carbonyl (C=O) groups excluding carboxylic acids is 1. The summed E-state index contributed by atoms with van der Waals surface area (Å²) in [5, 5.41) is 10.5. The van der Waals surface area contributed by atoms with Gasteiger partial charge in [-0.25, -0.2) is 14.4 Å². The maximum Gasteiger partial charge on any atom is 0.176 e. The standard InChI is InChI=1S/C29H21FN4O/c1-16-20-9-10-23-26(17-5-4-6-19(30)13-17)33-29(22-11-12-32-25-8-3-2-7-21(22)25)34-27(23)24(20)14-18(15-31)28(16)35/h2-8,11-14,16,20,24H,9-10H2,1H3. The van der Waals surface area contributed by atoms with Crippen LogP contribution in [0.5, 0.6) is 0 Å².